The average molecular weight is 249 g/mol. The maximum Gasteiger partial charge on any atom is 0.163 e. The molecular formula is C14H11N5. The number of fused-ring (bicyclic) bond motifs is 2. The van der Waals surface area contributed by atoms with Gasteiger partial charge in [-0.3, -0.25) is 5.10 Å². The van der Waals surface area contributed by atoms with Gasteiger partial charge in [0.2, 0.25) is 0 Å². The maximum absolute atomic E-state index is 4.52. The number of H-pyrrole nitrogens is 1. The maximum atomic E-state index is 4.52. The lowest BCUT2D eigenvalue weighted by molar-refractivity contribution is 1.09. The molecule has 2 aromatic heterocycles. The fourth-order valence-electron chi connectivity index (χ4n) is 2.31. The van der Waals surface area contributed by atoms with Gasteiger partial charge in [-0.05, 0) is 11.6 Å². The molecule has 92 valence electrons. The van der Waals surface area contributed by atoms with Crippen LogP contribution in [0.15, 0.2) is 36.7 Å². The molecule has 0 atom stereocenters. The fourth-order valence-corrected chi connectivity index (χ4v) is 2.31. The summed E-state index contributed by atoms with van der Waals surface area (Å²) in [5, 5.41) is 11.1. The summed E-state index contributed by atoms with van der Waals surface area (Å²) in [4.78, 5) is 8.94. The van der Waals surface area contributed by atoms with Crippen LogP contribution in [0.1, 0.15) is 5.56 Å². The molecule has 0 spiro atoms. The first-order valence-electron chi connectivity index (χ1n) is 6.12. The van der Waals surface area contributed by atoms with Crippen molar-refractivity contribution in [1.29, 1.82) is 0 Å². The van der Waals surface area contributed by atoms with Crippen LogP contribution in [-0.2, 0) is 0 Å². The van der Waals surface area contributed by atoms with Gasteiger partial charge >= 0.3 is 0 Å². The van der Waals surface area contributed by atoms with Gasteiger partial charge in [0.15, 0.2) is 11.5 Å². The molecular weight excluding hydrogens is 238 g/mol. The zero-order valence-electron chi connectivity index (χ0n) is 10.1. The van der Waals surface area contributed by atoms with E-state index in [1.54, 1.807) is 12.4 Å². The van der Waals surface area contributed by atoms with Crippen molar-refractivity contribution in [3.05, 3.63) is 42.2 Å². The van der Waals surface area contributed by atoms with E-state index in [9.17, 15) is 0 Å². The topological polar surface area (TPSA) is 66.5 Å². The summed E-state index contributed by atoms with van der Waals surface area (Å²) in [6, 6.07) is 6.13. The van der Waals surface area contributed by atoms with Gasteiger partial charge in [0.05, 0.1) is 17.3 Å². The first-order chi connectivity index (χ1) is 9.42. The molecule has 19 heavy (non-hydrogen) atoms. The molecule has 3 aromatic rings. The summed E-state index contributed by atoms with van der Waals surface area (Å²) >= 11 is 0. The van der Waals surface area contributed by atoms with Crippen molar-refractivity contribution in [3.8, 4) is 11.4 Å². The van der Waals surface area contributed by atoms with Crippen LogP contribution in [0, 0.1) is 0 Å². The van der Waals surface area contributed by atoms with E-state index in [0.29, 0.717) is 5.82 Å². The Morgan fingerprint density at radius 1 is 1.16 bits per heavy atom. The van der Waals surface area contributed by atoms with Crippen molar-refractivity contribution >= 4 is 22.8 Å². The second kappa shape index (κ2) is 3.91. The van der Waals surface area contributed by atoms with Gasteiger partial charge in [0.1, 0.15) is 0 Å². The summed E-state index contributed by atoms with van der Waals surface area (Å²) in [6.45, 7) is 0.830. The van der Waals surface area contributed by atoms with Crippen molar-refractivity contribution in [2.45, 2.75) is 0 Å². The molecule has 1 aliphatic rings. The number of para-hydroxylation sites is 1. The van der Waals surface area contributed by atoms with E-state index < -0.39 is 0 Å². The lowest BCUT2D eigenvalue weighted by Crippen LogP contribution is -2.06. The molecule has 2 N–H and O–H groups in total. The fraction of sp³-hybridized carbons (Fsp3) is 0.0714. The highest BCUT2D eigenvalue weighted by Crippen LogP contribution is 2.31. The minimum atomic E-state index is 0.705. The molecule has 0 fully saturated rings. The number of hydrogen-bond acceptors (Lipinski definition) is 4. The molecule has 0 bridgehead atoms. The molecule has 0 amide bonds. The number of hydrogen-bond donors (Lipinski definition) is 2. The van der Waals surface area contributed by atoms with Crippen molar-refractivity contribution in [2.24, 2.45) is 0 Å². The number of aromatic amines is 1. The first-order valence-corrected chi connectivity index (χ1v) is 6.12. The van der Waals surface area contributed by atoms with Crippen LogP contribution in [0.5, 0.6) is 0 Å². The predicted octanol–water partition coefficient (Wildman–Crippen LogP) is 2.46. The summed E-state index contributed by atoms with van der Waals surface area (Å²) in [5.74, 6) is 0.705. The molecule has 3 heterocycles. The van der Waals surface area contributed by atoms with Crippen molar-refractivity contribution < 1.29 is 0 Å². The number of aromatic nitrogens is 4. The zero-order chi connectivity index (χ0) is 12.7. The number of rotatable bonds is 1. The third-order valence-electron chi connectivity index (χ3n) is 3.22. The summed E-state index contributed by atoms with van der Waals surface area (Å²) in [7, 11) is 0. The van der Waals surface area contributed by atoms with Gasteiger partial charge in [0.25, 0.3) is 0 Å². The molecule has 5 nitrogen and oxygen atoms in total. The third-order valence-corrected chi connectivity index (χ3v) is 3.22. The molecule has 0 aliphatic carbocycles. The van der Waals surface area contributed by atoms with E-state index >= 15 is 0 Å². The largest absolute Gasteiger partial charge is 0.380 e. The third kappa shape index (κ3) is 1.59. The zero-order valence-corrected chi connectivity index (χ0v) is 10.1. The molecule has 0 unspecified atom stereocenters. The van der Waals surface area contributed by atoms with Crippen LogP contribution in [0.25, 0.3) is 28.5 Å². The van der Waals surface area contributed by atoms with E-state index in [-0.39, 0.29) is 0 Å². The van der Waals surface area contributed by atoms with Crippen LogP contribution in [0.4, 0.5) is 5.69 Å². The Labute approximate surface area is 109 Å². The molecule has 5 heteroatoms. The standard InChI is InChI=1S/C14H11N5/c1-3-9-4-2-6-15-12(9)11(5-1)14-16-7-10-8-17-19-13(10)18-14/h1-5,7-8,15H,6H2,(H,16,17,18,19). The number of nitrogens with zero attached hydrogens (tertiary/aromatic N) is 3. The Balaban J connectivity index is 1.94. The summed E-state index contributed by atoms with van der Waals surface area (Å²) in [6.07, 6.45) is 7.73. The van der Waals surface area contributed by atoms with Gasteiger partial charge in [-0.1, -0.05) is 24.3 Å². The summed E-state index contributed by atoms with van der Waals surface area (Å²) < 4.78 is 0. The predicted molar refractivity (Wildman–Crippen MR) is 74.6 cm³/mol. The van der Waals surface area contributed by atoms with Gasteiger partial charge in [0, 0.05) is 18.3 Å². The van der Waals surface area contributed by atoms with E-state index in [0.717, 1.165) is 34.4 Å². The van der Waals surface area contributed by atoms with Crippen LogP contribution >= 0.6 is 0 Å². The van der Waals surface area contributed by atoms with Gasteiger partial charge < -0.3 is 5.32 Å². The molecule has 1 aromatic carbocycles. The quantitative estimate of drug-likeness (QED) is 0.695. The van der Waals surface area contributed by atoms with Crippen LogP contribution in [0.2, 0.25) is 0 Å². The highest BCUT2D eigenvalue weighted by Gasteiger charge is 2.13. The molecule has 0 saturated heterocycles. The van der Waals surface area contributed by atoms with Gasteiger partial charge in [-0.2, -0.15) is 5.10 Å². The number of nitrogens with one attached hydrogen (secondary N) is 2. The van der Waals surface area contributed by atoms with Crippen molar-refractivity contribution in [1.82, 2.24) is 20.2 Å². The monoisotopic (exact) mass is 249 g/mol. The van der Waals surface area contributed by atoms with Crippen LogP contribution in [-0.4, -0.2) is 26.7 Å². The highest BCUT2D eigenvalue weighted by molar-refractivity contribution is 5.85. The van der Waals surface area contributed by atoms with E-state index in [1.165, 1.54) is 0 Å². The SMILES string of the molecule is C1=Cc2cccc(-c3ncc4cn[nH]c4n3)c2NC1. The normalized spacial score (nSPS) is 13.3. The van der Waals surface area contributed by atoms with E-state index in [1.807, 2.05) is 12.1 Å². The smallest absolute Gasteiger partial charge is 0.163 e. The second-order valence-electron chi connectivity index (χ2n) is 4.42. The Bertz CT molecular complexity index is 787. The lowest BCUT2D eigenvalue weighted by Gasteiger charge is -2.16. The van der Waals surface area contributed by atoms with E-state index in [4.69, 9.17) is 0 Å². The Morgan fingerprint density at radius 2 is 2.16 bits per heavy atom. The minimum Gasteiger partial charge on any atom is -0.380 e. The number of anilines is 1. The van der Waals surface area contributed by atoms with Gasteiger partial charge in [-0.25, -0.2) is 9.97 Å². The minimum absolute atomic E-state index is 0.705. The average Bonchev–Trinajstić information content (AvgIpc) is 2.94. The van der Waals surface area contributed by atoms with E-state index in [2.05, 4.69) is 43.7 Å². The lowest BCUT2D eigenvalue weighted by atomic mass is 10.0. The van der Waals surface area contributed by atoms with Gasteiger partial charge in [-0.15, -0.1) is 0 Å². The Morgan fingerprint density at radius 3 is 3.16 bits per heavy atom. The van der Waals surface area contributed by atoms with Crippen LogP contribution in [0.3, 0.4) is 0 Å². The second-order valence-corrected chi connectivity index (χ2v) is 4.42. The summed E-state index contributed by atoms with van der Waals surface area (Å²) in [5.41, 5.74) is 4.02. The Hall–Kier alpha value is -2.69. The first kappa shape index (κ1) is 10.3. The Kier molecular flexibility index (Phi) is 2.11. The molecule has 0 saturated carbocycles. The van der Waals surface area contributed by atoms with Crippen molar-refractivity contribution in [2.75, 3.05) is 11.9 Å². The van der Waals surface area contributed by atoms with Crippen LogP contribution < -0.4 is 5.32 Å². The molecule has 4 rings (SSSR count). The number of benzene rings is 1. The highest BCUT2D eigenvalue weighted by atomic mass is 15.1. The van der Waals surface area contributed by atoms with Crippen molar-refractivity contribution in [3.63, 3.8) is 0 Å². The molecule has 1 aliphatic heterocycles. The molecule has 0 radical (unpaired) electrons.